The standard InChI is InChI=1S/C17H29N3O/c1-12-6-7-15(13(2)10-12)19-16-4-3-5-17-14(16)11-18-20(17)8-9-21/h11-13,15-16,19,21H,3-10H2,1-2H3. The summed E-state index contributed by atoms with van der Waals surface area (Å²) in [5.74, 6) is 1.65. The Hall–Kier alpha value is -0.870. The maximum atomic E-state index is 9.15. The van der Waals surface area contributed by atoms with Crippen LogP contribution in [0.2, 0.25) is 0 Å². The summed E-state index contributed by atoms with van der Waals surface area (Å²) in [4.78, 5) is 0. The number of hydrogen-bond donors (Lipinski definition) is 2. The van der Waals surface area contributed by atoms with Crippen molar-refractivity contribution in [3.05, 3.63) is 17.5 Å². The van der Waals surface area contributed by atoms with Crippen LogP contribution in [-0.2, 0) is 13.0 Å². The second kappa shape index (κ2) is 6.49. The molecule has 0 radical (unpaired) electrons. The van der Waals surface area contributed by atoms with Gasteiger partial charge in [-0.15, -0.1) is 0 Å². The van der Waals surface area contributed by atoms with E-state index >= 15 is 0 Å². The second-order valence-electron chi connectivity index (χ2n) is 7.11. The van der Waals surface area contributed by atoms with E-state index in [0.29, 0.717) is 18.6 Å². The van der Waals surface area contributed by atoms with Gasteiger partial charge in [-0.3, -0.25) is 4.68 Å². The minimum Gasteiger partial charge on any atom is -0.394 e. The Bertz CT molecular complexity index is 471. The van der Waals surface area contributed by atoms with E-state index in [4.69, 9.17) is 5.11 Å². The van der Waals surface area contributed by atoms with Crippen LogP contribution in [0.4, 0.5) is 0 Å². The number of nitrogens with zero attached hydrogens (tertiary/aromatic N) is 2. The highest BCUT2D eigenvalue weighted by molar-refractivity contribution is 5.25. The first-order valence-corrected chi connectivity index (χ1v) is 8.60. The molecule has 2 N–H and O–H groups in total. The van der Waals surface area contributed by atoms with Crippen molar-refractivity contribution < 1.29 is 5.11 Å². The molecule has 4 atom stereocenters. The monoisotopic (exact) mass is 291 g/mol. The van der Waals surface area contributed by atoms with Crippen LogP contribution in [0.15, 0.2) is 6.20 Å². The van der Waals surface area contributed by atoms with E-state index in [-0.39, 0.29) is 6.61 Å². The summed E-state index contributed by atoms with van der Waals surface area (Å²) in [5.41, 5.74) is 2.71. The fraction of sp³-hybridized carbons (Fsp3) is 0.824. The van der Waals surface area contributed by atoms with E-state index in [0.717, 1.165) is 18.3 Å². The third kappa shape index (κ3) is 3.16. The molecule has 3 rings (SSSR count). The van der Waals surface area contributed by atoms with Crippen LogP contribution in [0.25, 0.3) is 0 Å². The van der Waals surface area contributed by atoms with E-state index in [1.807, 2.05) is 10.9 Å². The molecular weight excluding hydrogens is 262 g/mol. The maximum absolute atomic E-state index is 9.15. The molecule has 4 heteroatoms. The van der Waals surface area contributed by atoms with Gasteiger partial charge in [0.1, 0.15) is 0 Å². The first-order chi connectivity index (χ1) is 10.2. The van der Waals surface area contributed by atoms with E-state index in [9.17, 15) is 0 Å². The van der Waals surface area contributed by atoms with Gasteiger partial charge in [0.2, 0.25) is 0 Å². The van der Waals surface area contributed by atoms with Crippen LogP contribution in [0, 0.1) is 11.8 Å². The summed E-state index contributed by atoms with van der Waals surface area (Å²) < 4.78 is 2.00. The van der Waals surface area contributed by atoms with Crippen LogP contribution in [0.3, 0.4) is 0 Å². The predicted octanol–water partition coefficient (Wildman–Crippen LogP) is 2.67. The zero-order valence-corrected chi connectivity index (χ0v) is 13.4. The van der Waals surface area contributed by atoms with Gasteiger partial charge in [0.05, 0.1) is 19.3 Å². The lowest BCUT2D eigenvalue weighted by Crippen LogP contribution is -2.41. The fourth-order valence-corrected chi connectivity index (χ4v) is 4.25. The molecule has 118 valence electrons. The number of fused-ring (bicyclic) bond motifs is 1. The van der Waals surface area contributed by atoms with Crippen molar-refractivity contribution in [1.29, 1.82) is 0 Å². The number of aliphatic hydroxyl groups excluding tert-OH is 1. The Morgan fingerprint density at radius 1 is 1.33 bits per heavy atom. The summed E-state index contributed by atoms with van der Waals surface area (Å²) >= 11 is 0. The highest BCUT2D eigenvalue weighted by Gasteiger charge is 2.30. The lowest BCUT2D eigenvalue weighted by atomic mass is 9.79. The van der Waals surface area contributed by atoms with Gasteiger partial charge in [0.15, 0.2) is 0 Å². The van der Waals surface area contributed by atoms with Gasteiger partial charge < -0.3 is 10.4 Å². The summed E-state index contributed by atoms with van der Waals surface area (Å²) in [6.45, 7) is 5.57. The van der Waals surface area contributed by atoms with Crippen LogP contribution in [0.5, 0.6) is 0 Å². The first-order valence-electron chi connectivity index (χ1n) is 8.60. The van der Waals surface area contributed by atoms with Gasteiger partial charge >= 0.3 is 0 Å². The van der Waals surface area contributed by atoms with Gasteiger partial charge in [-0.05, 0) is 50.4 Å². The summed E-state index contributed by atoms with van der Waals surface area (Å²) in [6, 6.07) is 1.11. The fourth-order valence-electron chi connectivity index (χ4n) is 4.25. The highest BCUT2D eigenvalue weighted by Crippen LogP contribution is 2.34. The molecule has 4 nitrogen and oxygen atoms in total. The van der Waals surface area contributed by atoms with E-state index in [1.165, 1.54) is 43.4 Å². The van der Waals surface area contributed by atoms with Crippen molar-refractivity contribution in [2.24, 2.45) is 11.8 Å². The lowest BCUT2D eigenvalue weighted by Gasteiger charge is -2.37. The molecule has 0 saturated heterocycles. The predicted molar refractivity (Wildman–Crippen MR) is 84.1 cm³/mol. The van der Waals surface area contributed by atoms with Gasteiger partial charge in [-0.25, -0.2) is 0 Å². The second-order valence-corrected chi connectivity index (χ2v) is 7.11. The zero-order valence-electron chi connectivity index (χ0n) is 13.4. The van der Waals surface area contributed by atoms with Crippen molar-refractivity contribution in [3.63, 3.8) is 0 Å². The molecule has 2 aliphatic rings. The summed E-state index contributed by atoms with van der Waals surface area (Å²) in [5, 5.41) is 17.6. The van der Waals surface area contributed by atoms with E-state index < -0.39 is 0 Å². The van der Waals surface area contributed by atoms with Gasteiger partial charge in [-0.2, -0.15) is 5.10 Å². The van der Waals surface area contributed by atoms with Crippen molar-refractivity contribution in [2.75, 3.05) is 6.61 Å². The Balaban J connectivity index is 1.70. The van der Waals surface area contributed by atoms with Gasteiger partial charge in [0, 0.05) is 23.3 Å². The van der Waals surface area contributed by atoms with Gasteiger partial charge in [-0.1, -0.05) is 13.8 Å². The van der Waals surface area contributed by atoms with Crippen LogP contribution >= 0.6 is 0 Å². The lowest BCUT2D eigenvalue weighted by molar-refractivity contribution is 0.207. The molecule has 0 amide bonds. The molecule has 1 heterocycles. The topological polar surface area (TPSA) is 50.1 Å². The van der Waals surface area contributed by atoms with Crippen LogP contribution in [0.1, 0.15) is 63.3 Å². The summed E-state index contributed by atoms with van der Waals surface area (Å²) in [7, 11) is 0. The Kier molecular flexibility index (Phi) is 4.65. The third-order valence-corrected chi connectivity index (χ3v) is 5.42. The number of rotatable bonds is 4. The molecule has 21 heavy (non-hydrogen) atoms. The molecule has 2 aliphatic carbocycles. The van der Waals surface area contributed by atoms with E-state index in [2.05, 4.69) is 24.3 Å². The molecule has 0 bridgehead atoms. The normalized spacial score (nSPS) is 32.9. The van der Waals surface area contributed by atoms with Crippen LogP contribution < -0.4 is 5.32 Å². The Morgan fingerprint density at radius 2 is 2.19 bits per heavy atom. The molecular formula is C17H29N3O. The molecule has 1 saturated carbocycles. The minimum atomic E-state index is 0.170. The molecule has 0 aromatic carbocycles. The maximum Gasteiger partial charge on any atom is 0.0644 e. The number of aromatic nitrogens is 2. The average molecular weight is 291 g/mol. The molecule has 0 aliphatic heterocycles. The Morgan fingerprint density at radius 3 is 2.95 bits per heavy atom. The average Bonchev–Trinajstić information content (AvgIpc) is 2.87. The highest BCUT2D eigenvalue weighted by atomic mass is 16.3. The first kappa shape index (κ1) is 15.0. The summed E-state index contributed by atoms with van der Waals surface area (Å²) in [6.07, 6.45) is 9.57. The molecule has 4 unspecified atom stereocenters. The van der Waals surface area contributed by atoms with Crippen molar-refractivity contribution in [1.82, 2.24) is 15.1 Å². The molecule has 0 spiro atoms. The minimum absolute atomic E-state index is 0.170. The van der Waals surface area contributed by atoms with Gasteiger partial charge in [0.25, 0.3) is 0 Å². The number of aliphatic hydroxyl groups is 1. The van der Waals surface area contributed by atoms with Crippen molar-refractivity contribution in [3.8, 4) is 0 Å². The Labute approximate surface area is 127 Å². The molecule has 1 fully saturated rings. The third-order valence-electron chi connectivity index (χ3n) is 5.42. The largest absolute Gasteiger partial charge is 0.394 e. The zero-order chi connectivity index (χ0) is 14.8. The molecule has 1 aromatic heterocycles. The SMILES string of the molecule is CC1CCC(NC2CCCc3c2cnn3CCO)C(C)C1. The van der Waals surface area contributed by atoms with Crippen molar-refractivity contribution >= 4 is 0 Å². The number of hydrogen-bond acceptors (Lipinski definition) is 3. The van der Waals surface area contributed by atoms with Crippen molar-refractivity contribution in [2.45, 2.75) is 71.0 Å². The van der Waals surface area contributed by atoms with E-state index in [1.54, 1.807) is 0 Å². The smallest absolute Gasteiger partial charge is 0.0644 e. The molecule has 1 aromatic rings. The van der Waals surface area contributed by atoms with Crippen LogP contribution in [-0.4, -0.2) is 27.5 Å². The quantitative estimate of drug-likeness (QED) is 0.896. The number of nitrogens with one attached hydrogen (secondary N) is 1.